The van der Waals surface area contributed by atoms with Gasteiger partial charge in [-0.15, -0.1) is 0 Å². The van der Waals surface area contributed by atoms with E-state index in [4.69, 9.17) is 15.9 Å². The van der Waals surface area contributed by atoms with Gasteiger partial charge in [0.25, 0.3) is 0 Å². The van der Waals surface area contributed by atoms with Gasteiger partial charge in [0.05, 0.1) is 6.61 Å². The Morgan fingerprint density at radius 3 is 2.47 bits per heavy atom. The Morgan fingerprint density at radius 2 is 2.07 bits per heavy atom. The molecule has 0 fully saturated rings. The fourth-order valence-corrected chi connectivity index (χ4v) is 1.04. The van der Waals surface area contributed by atoms with E-state index in [0.717, 1.165) is 0 Å². The second kappa shape index (κ2) is 7.19. The number of nitrogens with two attached hydrogens (primary N) is 1. The highest BCUT2D eigenvalue weighted by Gasteiger charge is 2.18. The van der Waals surface area contributed by atoms with Crippen molar-refractivity contribution < 1.29 is 19.8 Å². The molecule has 1 amide bonds. The molecule has 0 spiro atoms. The van der Waals surface area contributed by atoms with Crippen molar-refractivity contribution in [3.8, 4) is 0 Å². The van der Waals surface area contributed by atoms with Crippen LogP contribution >= 0.6 is 0 Å². The Bertz CT molecular complexity index is 218. The average molecular weight is 218 g/mol. The zero-order valence-electron chi connectivity index (χ0n) is 8.77. The molecule has 15 heavy (non-hydrogen) atoms. The third-order valence-electron chi connectivity index (χ3n) is 1.88. The number of amides is 1. The standard InChI is InChI=1S/C9H18N2O4/c1-6(10)3-2-4-8(13)11-7(5-12)9(14)15/h6-7,12H,2-5,10H2,1H3,(H,11,13)(H,14,15). The van der Waals surface area contributed by atoms with Crippen LogP contribution in [0.15, 0.2) is 0 Å². The summed E-state index contributed by atoms with van der Waals surface area (Å²) in [5.74, 6) is -1.62. The molecule has 0 aromatic rings. The van der Waals surface area contributed by atoms with Gasteiger partial charge in [-0.05, 0) is 19.8 Å². The number of carboxylic acids is 1. The summed E-state index contributed by atoms with van der Waals surface area (Å²) < 4.78 is 0. The summed E-state index contributed by atoms with van der Waals surface area (Å²) in [6.07, 6.45) is 1.55. The number of aliphatic hydroxyl groups excluding tert-OH is 1. The molecular formula is C9H18N2O4. The molecule has 6 nitrogen and oxygen atoms in total. The summed E-state index contributed by atoms with van der Waals surface area (Å²) in [6.45, 7) is 1.24. The molecule has 0 aromatic carbocycles. The van der Waals surface area contributed by atoms with E-state index in [1.54, 1.807) is 0 Å². The topological polar surface area (TPSA) is 113 Å². The molecule has 0 rings (SSSR count). The minimum absolute atomic E-state index is 0.0333. The number of carboxylic acid groups (broad SMARTS) is 1. The molecule has 0 heterocycles. The van der Waals surface area contributed by atoms with Crippen LogP contribution in [0.5, 0.6) is 0 Å². The highest BCUT2D eigenvalue weighted by molar-refractivity contribution is 5.83. The number of hydrogen-bond acceptors (Lipinski definition) is 4. The van der Waals surface area contributed by atoms with Crippen molar-refractivity contribution in [1.29, 1.82) is 0 Å². The molecule has 0 saturated heterocycles. The van der Waals surface area contributed by atoms with Gasteiger partial charge < -0.3 is 21.3 Å². The number of carbonyl (C=O) groups excluding carboxylic acids is 1. The van der Waals surface area contributed by atoms with Gasteiger partial charge in [-0.2, -0.15) is 0 Å². The monoisotopic (exact) mass is 218 g/mol. The lowest BCUT2D eigenvalue weighted by atomic mass is 10.1. The van der Waals surface area contributed by atoms with Crippen molar-refractivity contribution in [2.75, 3.05) is 6.61 Å². The molecule has 0 bridgehead atoms. The maximum absolute atomic E-state index is 11.2. The van der Waals surface area contributed by atoms with Crippen molar-refractivity contribution in [2.24, 2.45) is 5.73 Å². The third kappa shape index (κ3) is 6.87. The summed E-state index contributed by atoms with van der Waals surface area (Å²) in [5, 5.41) is 19.4. The number of aliphatic carboxylic acids is 1. The van der Waals surface area contributed by atoms with Gasteiger partial charge >= 0.3 is 5.97 Å². The van der Waals surface area contributed by atoms with Crippen LogP contribution < -0.4 is 11.1 Å². The SMILES string of the molecule is CC(N)CCCC(=O)NC(CO)C(=O)O. The van der Waals surface area contributed by atoms with E-state index < -0.39 is 18.6 Å². The Balaban J connectivity index is 3.77. The van der Waals surface area contributed by atoms with Gasteiger partial charge in [0.15, 0.2) is 0 Å². The van der Waals surface area contributed by atoms with Gasteiger partial charge in [0, 0.05) is 12.5 Å². The van der Waals surface area contributed by atoms with E-state index in [1.165, 1.54) is 0 Å². The molecule has 2 atom stereocenters. The highest BCUT2D eigenvalue weighted by atomic mass is 16.4. The molecule has 0 radical (unpaired) electrons. The Morgan fingerprint density at radius 1 is 1.47 bits per heavy atom. The van der Waals surface area contributed by atoms with Crippen LogP contribution in [0, 0.1) is 0 Å². The Labute approximate surface area is 88.5 Å². The van der Waals surface area contributed by atoms with Crippen LogP contribution in [0.4, 0.5) is 0 Å². The predicted octanol–water partition coefficient (Wildman–Crippen LogP) is -0.934. The first-order valence-electron chi connectivity index (χ1n) is 4.86. The molecule has 0 aliphatic rings. The fourth-order valence-electron chi connectivity index (χ4n) is 1.04. The van der Waals surface area contributed by atoms with Crippen molar-refractivity contribution in [2.45, 2.75) is 38.3 Å². The molecule has 88 valence electrons. The average Bonchev–Trinajstić information content (AvgIpc) is 2.13. The quantitative estimate of drug-likeness (QED) is 0.441. The van der Waals surface area contributed by atoms with Crippen molar-refractivity contribution >= 4 is 11.9 Å². The fraction of sp³-hybridized carbons (Fsp3) is 0.778. The lowest BCUT2D eigenvalue weighted by Gasteiger charge is -2.11. The van der Waals surface area contributed by atoms with Crippen LogP contribution in [-0.2, 0) is 9.59 Å². The largest absolute Gasteiger partial charge is 0.480 e. The number of hydrogen-bond donors (Lipinski definition) is 4. The molecule has 0 saturated carbocycles. The van der Waals surface area contributed by atoms with E-state index in [-0.39, 0.29) is 18.4 Å². The summed E-state index contributed by atoms with van der Waals surface area (Å²) >= 11 is 0. The van der Waals surface area contributed by atoms with Gasteiger partial charge in [-0.3, -0.25) is 4.79 Å². The predicted molar refractivity (Wildman–Crippen MR) is 54.2 cm³/mol. The van der Waals surface area contributed by atoms with E-state index in [0.29, 0.717) is 12.8 Å². The van der Waals surface area contributed by atoms with Crippen molar-refractivity contribution in [1.82, 2.24) is 5.32 Å². The van der Waals surface area contributed by atoms with E-state index >= 15 is 0 Å². The molecule has 0 aliphatic heterocycles. The van der Waals surface area contributed by atoms with E-state index in [9.17, 15) is 9.59 Å². The Kier molecular flexibility index (Phi) is 6.64. The molecular weight excluding hydrogens is 200 g/mol. The van der Waals surface area contributed by atoms with Gasteiger partial charge in [-0.25, -0.2) is 4.79 Å². The van der Waals surface area contributed by atoms with Crippen LogP contribution in [0.25, 0.3) is 0 Å². The van der Waals surface area contributed by atoms with Gasteiger partial charge in [0.1, 0.15) is 6.04 Å². The molecule has 5 N–H and O–H groups in total. The van der Waals surface area contributed by atoms with E-state index in [1.807, 2.05) is 6.92 Å². The summed E-state index contributed by atoms with van der Waals surface area (Å²) in [5.41, 5.74) is 5.49. The van der Waals surface area contributed by atoms with E-state index in [2.05, 4.69) is 5.32 Å². The zero-order chi connectivity index (χ0) is 11.8. The highest BCUT2D eigenvalue weighted by Crippen LogP contribution is 1.98. The molecule has 0 aromatic heterocycles. The van der Waals surface area contributed by atoms with Crippen LogP contribution in [-0.4, -0.2) is 40.8 Å². The van der Waals surface area contributed by atoms with Crippen molar-refractivity contribution in [3.05, 3.63) is 0 Å². The van der Waals surface area contributed by atoms with Crippen LogP contribution in [0.3, 0.4) is 0 Å². The summed E-state index contributed by atoms with van der Waals surface area (Å²) in [7, 11) is 0. The first-order chi connectivity index (χ1) is 6.97. The number of rotatable bonds is 7. The zero-order valence-corrected chi connectivity index (χ0v) is 8.77. The van der Waals surface area contributed by atoms with Crippen LogP contribution in [0.2, 0.25) is 0 Å². The number of aliphatic hydroxyl groups is 1. The maximum Gasteiger partial charge on any atom is 0.328 e. The van der Waals surface area contributed by atoms with Gasteiger partial charge in [-0.1, -0.05) is 0 Å². The second-order valence-electron chi connectivity index (χ2n) is 3.51. The normalized spacial score (nSPS) is 14.3. The number of carbonyl (C=O) groups is 2. The lowest BCUT2D eigenvalue weighted by Crippen LogP contribution is -2.43. The smallest absolute Gasteiger partial charge is 0.328 e. The maximum atomic E-state index is 11.2. The summed E-state index contributed by atoms with van der Waals surface area (Å²) in [6, 6.07) is -1.18. The number of nitrogens with one attached hydrogen (secondary N) is 1. The second-order valence-corrected chi connectivity index (χ2v) is 3.51. The molecule has 2 unspecified atom stereocenters. The minimum Gasteiger partial charge on any atom is -0.480 e. The van der Waals surface area contributed by atoms with Crippen LogP contribution in [0.1, 0.15) is 26.2 Å². The molecule has 6 heteroatoms. The third-order valence-corrected chi connectivity index (χ3v) is 1.88. The lowest BCUT2D eigenvalue weighted by molar-refractivity contribution is -0.142. The summed E-state index contributed by atoms with van der Waals surface area (Å²) in [4.78, 5) is 21.6. The minimum atomic E-state index is -1.24. The first kappa shape index (κ1) is 13.9. The molecule has 0 aliphatic carbocycles. The van der Waals surface area contributed by atoms with Gasteiger partial charge in [0.2, 0.25) is 5.91 Å². The van der Waals surface area contributed by atoms with Crippen molar-refractivity contribution in [3.63, 3.8) is 0 Å². The Hall–Kier alpha value is -1.14. The first-order valence-corrected chi connectivity index (χ1v) is 4.86.